The Labute approximate surface area is 82.1 Å². The molecular formula is C7H15Br2N. The Morgan fingerprint density at radius 3 is 2.70 bits per heavy atom. The quantitative estimate of drug-likeness (QED) is 0.698. The maximum absolute atomic E-state index is 3.46. The predicted octanol–water partition coefficient (Wildman–Crippen LogP) is 2.44. The van der Waals surface area contributed by atoms with Crippen LogP contribution in [0.3, 0.4) is 0 Å². The molecule has 1 aliphatic rings. The predicted molar refractivity (Wildman–Crippen MR) is 54.4 cm³/mol. The van der Waals surface area contributed by atoms with Crippen molar-refractivity contribution in [2.45, 2.75) is 25.3 Å². The van der Waals surface area contributed by atoms with Crippen LogP contribution >= 0.6 is 32.9 Å². The summed E-state index contributed by atoms with van der Waals surface area (Å²) in [6.45, 7) is 1.30. The van der Waals surface area contributed by atoms with E-state index in [0.29, 0.717) is 0 Å². The first-order valence-electron chi connectivity index (χ1n) is 3.61. The van der Waals surface area contributed by atoms with Crippen molar-refractivity contribution in [3.05, 3.63) is 0 Å². The Hall–Kier alpha value is 0.920. The van der Waals surface area contributed by atoms with E-state index >= 15 is 0 Å². The molecule has 0 amide bonds. The molecule has 1 heterocycles. The molecule has 3 heteroatoms. The number of nitrogens with zero attached hydrogens (tertiary/aromatic N) is 1. The van der Waals surface area contributed by atoms with E-state index in [1.165, 1.54) is 25.8 Å². The van der Waals surface area contributed by atoms with Gasteiger partial charge in [-0.25, -0.2) is 0 Å². The maximum Gasteiger partial charge on any atom is 0.0101 e. The molecule has 0 spiro atoms. The van der Waals surface area contributed by atoms with Crippen molar-refractivity contribution in [1.29, 1.82) is 0 Å². The lowest BCUT2D eigenvalue weighted by atomic mass is 10.2. The molecule has 1 saturated heterocycles. The summed E-state index contributed by atoms with van der Waals surface area (Å²) in [6, 6.07) is 0.865. The zero-order valence-electron chi connectivity index (χ0n) is 6.35. The molecule has 0 radical (unpaired) electrons. The van der Waals surface area contributed by atoms with Gasteiger partial charge in [0.25, 0.3) is 0 Å². The Morgan fingerprint density at radius 1 is 1.60 bits per heavy atom. The van der Waals surface area contributed by atoms with E-state index in [1.54, 1.807) is 0 Å². The molecular weight excluding hydrogens is 258 g/mol. The first-order valence-corrected chi connectivity index (χ1v) is 4.73. The number of alkyl halides is 1. The minimum absolute atomic E-state index is 0. The number of hydrogen-bond acceptors (Lipinski definition) is 1. The van der Waals surface area contributed by atoms with Gasteiger partial charge in [0, 0.05) is 11.4 Å². The molecule has 0 aromatic rings. The topological polar surface area (TPSA) is 3.24 Å². The number of halogens is 2. The van der Waals surface area contributed by atoms with E-state index in [1.807, 2.05) is 0 Å². The summed E-state index contributed by atoms with van der Waals surface area (Å²) in [5.41, 5.74) is 0. The van der Waals surface area contributed by atoms with Crippen molar-refractivity contribution in [1.82, 2.24) is 4.90 Å². The van der Waals surface area contributed by atoms with Gasteiger partial charge in [-0.3, -0.25) is 0 Å². The maximum atomic E-state index is 3.46. The highest BCUT2D eigenvalue weighted by atomic mass is 79.9. The Balaban J connectivity index is 0.000000810. The lowest BCUT2D eigenvalue weighted by molar-refractivity contribution is 0.306. The molecule has 1 nitrogen and oxygen atoms in total. The lowest BCUT2D eigenvalue weighted by Gasteiger charge is -2.17. The zero-order chi connectivity index (χ0) is 6.69. The van der Waals surface area contributed by atoms with Crippen molar-refractivity contribution in [3.8, 4) is 0 Å². The van der Waals surface area contributed by atoms with Crippen molar-refractivity contribution in [2.75, 3.05) is 18.9 Å². The van der Waals surface area contributed by atoms with Crippen LogP contribution in [0.1, 0.15) is 19.3 Å². The second-order valence-electron chi connectivity index (χ2n) is 2.75. The van der Waals surface area contributed by atoms with E-state index in [-0.39, 0.29) is 17.0 Å². The largest absolute Gasteiger partial charge is 0.303 e. The Morgan fingerprint density at radius 2 is 2.30 bits per heavy atom. The molecule has 0 aliphatic carbocycles. The smallest absolute Gasteiger partial charge is 0.0101 e. The molecule has 62 valence electrons. The molecule has 0 aromatic heterocycles. The number of likely N-dealkylation sites (tertiary alicyclic amines) is 1. The van der Waals surface area contributed by atoms with E-state index in [2.05, 4.69) is 27.9 Å². The van der Waals surface area contributed by atoms with Crippen LogP contribution in [0.25, 0.3) is 0 Å². The molecule has 1 aliphatic heterocycles. The fourth-order valence-electron chi connectivity index (χ4n) is 1.47. The summed E-state index contributed by atoms with van der Waals surface area (Å²) in [6.07, 6.45) is 4.12. The average molecular weight is 273 g/mol. The van der Waals surface area contributed by atoms with Crippen molar-refractivity contribution in [2.24, 2.45) is 0 Å². The summed E-state index contributed by atoms with van der Waals surface area (Å²) >= 11 is 3.46. The van der Waals surface area contributed by atoms with Gasteiger partial charge < -0.3 is 4.90 Å². The van der Waals surface area contributed by atoms with Crippen LogP contribution in [0.4, 0.5) is 0 Å². The van der Waals surface area contributed by atoms with E-state index in [0.717, 1.165) is 11.4 Å². The second-order valence-corrected chi connectivity index (χ2v) is 3.55. The second kappa shape index (κ2) is 5.56. The molecule has 1 rings (SSSR count). The Bertz CT molecular complexity index is 87.7. The first kappa shape index (κ1) is 10.9. The van der Waals surface area contributed by atoms with Gasteiger partial charge in [-0.15, -0.1) is 17.0 Å². The van der Waals surface area contributed by atoms with Gasteiger partial charge in [0.2, 0.25) is 0 Å². The van der Waals surface area contributed by atoms with Gasteiger partial charge in [0.1, 0.15) is 0 Å². The molecule has 1 unspecified atom stereocenters. The standard InChI is InChI=1S/C7H14BrN.BrH/c1-9-6-2-3-7(9)4-5-8;/h7H,2-6H2,1H3;1H. The van der Waals surface area contributed by atoms with E-state index < -0.39 is 0 Å². The van der Waals surface area contributed by atoms with Crippen LogP contribution in [0.5, 0.6) is 0 Å². The number of rotatable bonds is 2. The SMILES string of the molecule is Br.CN1CCCC1CCBr. The fourth-order valence-corrected chi connectivity index (χ4v) is 2.00. The van der Waals surface area contributed by atoms with Crippen LogP contribution in [-0.4, -0.2) is 29.9 Å². The van der Waals surface area contributed by atoms with Crippen molar-refractivity contribution >= 4 is 32.9 Å². The normalized spacial score (nSPS) is 26.4. The van der Waals surface area contributed by atoms with Crippen LogP contribution in [-0.2, 0) is 0 Å². The minimum atomic E-state index is 0. The van der Waals surface area contributed by atoms with Gasteiger partial charge in [-0.1, -0.05) is 15.9 Å². The van der Waals surface area contributed by atoms with Crippen molar-refractivity contribution in [3.63, 3.8) is 0 Å². The molecule has 0 saturated carbocycles. The molecule has 1 fully saturated rings. The third-order valence-electron chi connectivity index (χ3n) is 2.11. The number of hydrogen-bond donors (Lipinski definition) is 0. The summed E-state index contributed by atoms with van der Waals surface area (Å²) in [4.78, 5) is 2.46. The van der Waals surface area contributed by atoms with E-state index in [4.69, 9.17) is 0 Å². The van der Waals surface area contributed by atoms with E-state index in [9.17, 15) is 0 Å². The first-order chi connectivity index (χ1) is 4.34. The molecule has 0 bridgehead atoms. The fraction of sp³-hybridized carbons (Fsp3) is 1.00. The van der Waals surface area contributed by atoms with Gasteiger partial charge in [0.15, 0.2) is 0 Å². The van der Waals surface area contributed by atoms with Gasteiger partial charge in [0.05, 0.1) is 0 Å². The summed E-state index contributed by atoms with van der Waals surface area (Å²) in [5, 5.41) is 1.15. The van der Waals surface area contributed by atoms with Crippen LogP contribution in [0.2, 0.25) is 0 Å². The van der Waals surface area contributed by atoms with Crippen LogP contribution < -0.4 is 0 Å². The summed E-state index contributed by atoms with van der Waals surface area (Å²) < 4.78 is 0. The zero-order valence-corrected chi connectivity index (χ0v) is 9.65. The minimum Gasteiger partial charge on any atom is -0.303 e. The molecule has 0 N–H and O–H groups in total. The van der Waals surface area contributed by atoms with Crippen LogP contribution in [0, 0.1) is 0 Å². The van der Waals surface area contributed by atoms with Crippen molar-refractivity contribution < 1.29 is 0 Å². The van der Waals surface area contributed by atoms with Crippen LogP contribution in [0.15, 0.2) is 0 Å². The van der Waals surface area contributed by atoms with Gasteiger partial charge in [-0.05, 0) is 32.9 Å². The third kappa shape index (κ3) is 2.89. The molecule has 1 atom stereocenters. The van der Waals surface area contributed by atoms with Gasteiger partial charge >= 0.3 is 0 Å². The molecule has 10 heavy (non-hydrogen) atoms. The summed E-state index contributed by atoms with van der Waals surface area (Å²) in [5.74, 6) is 0. The average Bonchev–Trinajstić information content (AvgIpc) is 2.18. The lowest BCUT2D eigenvalue weighted by Crippen LogP contribution is -2.24. The van der Waals surface area contributed by atoms with Gasteiger partial charge in [-0.2, -0.15) is 0 Å². The summed E-state index contributed by atoms with van der Waals surface area (Å²) in [7, 11) is 2.22. The Kier molecular flexibility index (Phi) is 6.07. The highest BCUT2D eigenvalue weighted by Gasteiger charge is 2.18. The molecule has 0 aromatic carbocycles. The highest BCUT2D eigenvalue weighted by molar-refractivity contribution is 9.09. The monoisotopic (exact) mass is 271 g/mol. The highest BCUT2D eigenvalue weighted by Crippen LogP contribution is 2.17. The third-order valence-corrected chi connectivity index (χ3v) is 2.57.